The quantitative estimate of drug-likeness (QED) is 0.398. The fourth-order valence-electron chi connectivity index (χ4n) is 3.39. The molecule has 2 aromatic carbocycles. The molecule has 5 heteroatoms. The van der Waals surface area contributed by atoms with Gasteiger partial charge in [0.05, 0.1) is 5.69 Å². The zero-order valence-electron chi connectivity index (χ0n) is 18.9. The first-order valence-corrected chi connectivity index (χ1v) is 11.2. The van der Waals surface area contributed by atoms with Gasteiger partial charge in [-0.05, 0) is 80.2 Å². The molecule has 0 fully saturated rings. The number of hydrogen-bond acceptors (Lipinski definition) is 4. The van der Waals surface area contributed by atoms with Crippen LogP contribution < -0.4 is 10.6 Å². The van der Waals surface area contributed by atoms with Gasteiger partial charge in [-0.3, -0.25) is 9.78 Å². The second-order valence-corrected chi connectivity index (χ2v) is 7.55. The maximum atomic E-state index is 12.5. The molecule has 5 nitrogen and oxygen atoms in total. The first-order chi connectivity index (χ1) is 15.7. The SMILES string of the molecule is CCN(CC)CCCNC(=O)c1cccc(Nc2ccc(/C=C/c3ccccn3)cc2)c1. The van der Waals surface area contributed by atoms with Crippen LogP contribution in [-0.2, 0) is 0 Å². The van der Waals surface area contributed by atoms with E-state index in [-0.39, 0.29) is 5.91 Å². The van der Waals surface area contributed by atoms with Crippen LogP contribution in [-0.4, -0.2) is 42.0 Å². The van der Waals surface area contributed by atoms with Gasteiger partial charge in [0.2, 0.25) is 0 Å². The molecular weight excluding hydrogens is 396 g/mol. The van der Waals surface area contributed by atoms with Crippen LogP contribution >= 0.6 is 0 Å². The highest BCUT2D eigenvalue weighted by molar-refractivity contribution is 5.95. The third-order valence-corrected chi connectivity index (χ3v) is 5.29. The van der Waals surface area contributed by atoms with Crippen molar-refractivity contribution in [2.75, 3.05) is 31.5 Å². The number of pyridine rings is 1. The maximum absolute atomic E-state index is 12.5. The Hall–Kier alpha value is -3.44. The zero-order valence-corrected chi connectivity index (χ0v) is 18.9. The summed E-state index contributed by atoms with van der Waals surface area (Å²) in [5.74, 6) is -0.0387. The Morgan fingerprint density at radius 2 is 1.75 bits per heavy atom. The molecule has 2 N–H and O–H groups in total. The van der Waals surface area contributed by atoms with Crippen molar-refractivity contribution in [3.8, 4) is 0 Å². The first-order valence-electron chi connectivity index (χ1n) is 11.2. The number of aromatic nitrogens is 1. The van der Waals surface area contributed by atoms with Crippen LogP contribution in [0.1, 0.15) is 41.9 Å². The standard InChI is InChI=1S/C27H32N4O/c1-3-31(4-2)20-8-19-29-27(32)23-9-7-11-26(21-23)30-25-16-13-22(14-17-25)12-15-24-10-5-6-18-28-24/h5-7,9-18,21,30H,3-4,8,19-20H2,1-2H3,(H,29,32)/b15-12+. The van der Waals surface area contributed by atoms with Crippen molar-refractivity contribution in [1.29, 1.82) is 0 Å². The highest BCUT2D eigenvalue weighted by atomic mass is 16.1. The molecule has 0 saturated carbocycles. The number of carbonyl (C=O) groups is 1. The lowest BCUT2D eigenvalue weighted by Gasteiger charge is -2.17. The lowest BCUT2D eigenvalue weighted by molar-refractivity contribution is 0.0952. The van der Waals surface area contributed by atoms with Gasteiger partial charge in [-0.25, -0.2) is 0 Å². The van der Waals surface area contributed by atoms with E-state index in [1.807, 2.05) is 78.9 Å². The summed E-state index contributed by atoms with van der Waals surface area (Å²) in [4.78, 5) is 19.2. The average molecular weight is 429 g/mol. The summed E-state index contributed by atoms with van der Waals surface area (Å²) >= 11 is 0. The summed E-state index contributed by atoms with van der Waals surface area (Å²) in [6, 6.07) is 21.6. The molecule has 0 spiro atoms. The van der Waals surface area contributed by atoms with Crippen LogP contribution in [0, 0.1) is 0 Å². The van der Waals surface area contributed by atoms with Crippen molar-refractivity contribution in [2.24, 2.45) is 0 Å². The van der Waals surface area contributed by atoms with Crippen molar-refractivity contribution >= 4 is 29.4 Å². The molecule has 1 aromatic heterocycles. The molecular formula is C27H32N4O. The summed E-state index contributed by atoms with van der Waals surface area (Å²) in [7, 11) is 0. The van der Waals surface area contributed by atoms with Gasteiger partial charge in [0.25, 0.3) is 5.91 Å². The second-order valence-electron chi connectivity index (χ2n) is 7.55. The van der Waals surface area contributed by atoms with Gasteiger partial charge < -0.3 is 15.5 Å². The Morgan fingerprint density at radius 1 is 0.938 bits per heavy atom. The highest BCUT2D eigenvalue weighted by Crippen LogP contribution is 2.19. The van der Waals surface area contributed by atoms with Crippen LogP contribution in [0.5, 0.6) is 0 Å². The van der Waals surface area contributed by atoms with Crippen molar-refractivity contribution < 1.29 is 4.79 Å². The van der Waals surface area contributed by atoms with E-state index >= 15 is 0 Å². The number of rotatable bonds is 11. The number of nitrogens with one attached hydrogen (secondary N) is 2. The molecule has 0 bridgehead atoms. The topological polar surface area (TPSA) is 57.3 Å². The van der Waals surface area contributed by atoms with Gasteiger partial charge in [0.1, 0.15) is 0 Å². The normalized spacial score (nSPS) is 11.1. The number of nitrogens with zero attached hydrogens (tertiary/aromatic N) is 2. The number of carbonyl (C=O) groups excluding carboxylic acids is 1. The molecule has 0 radical (unpaired) electrons. The van der Waals surface area contributed by atoms with Gasteiger partial charge in [-0.1, -0.05) is 44.2 Å². The molecule has 0 aliphatic heterocycles. The van der Waals surface area contributed by atoms with E-state index in [1.54, 1.807) is 6.20 Å². The van der Waals surface area contributed by atoms with Crippen LogP contribution in [0.25, 0.3) is 12.2 Å². The lowest BCUT2D eigenvalue weighted by atomic mass is 10.1. The van der Waals surface area contributed by atoms with Crippen LogP contribution in [0.15, 0.2) is 72.9 Å². The first kappa shape index (κ1) is 23.2. The van der Waals surface area contributed by atoms with Crippen LogP contribution in [0.2, 0.25) is 0 Å². The minimum atomic E-state index is -0.0387. The Balaban J connectivity index is 1.52. The molecule has 0 aliphatic carbocycles. The zero-order chi connectivity index (χ0) is 22.6. The second kappa shape index (κ2) is 12.4. The molecule has 1 heterocycles. The molecule has 0 aliphatic rings. The van der Waals surface area contributed by atoms with E-state index in [1.165, 1.54) is 0 Å². The molecule has 32 heavy (non-hydrogen) atoms. The Kier molecular flexibility index (Phi) is 9.02. The Labute approximate surface area is 191 Å². The van der Waals surface area contributed by atoms with Gasteiger partial charge in [0.15, 0.2) is 0 Å². The Bertz CT molecular complexity index is 996. The van der Waals surface area contributed by atoms with E-state index < -0.39 is 0 Å². The minimum Gasteiger partial charge on any atom is -0.356 e. The smallest absolute Gasteiger partial charge is 0.251 e. The van der Waals surface area contributed by atoms with Crippen LogP contribution in [0.4, 0.5) is 11.4 Å². The monoisotopic (exact) mass is 428 g/mol. The predicted octanol–water partition coefficient (Wildman–Crippen LogP) is 5.46. The number of hydrogen-bond donors (Lipinski definition) is 2. The third-order valence-electron chi connectivity index (χ3n) is 5.29. The number of anilines is 2. The minimum absolute atomic E-state index is 0.0387. The average Bonchev–Trinajstić information content (AvgIpc) is 2.84. The van der Waals surface area contributed by atoms with Gasteiger partial charge >= 0.3 is 0 Å². The molecule has 3 aromatic rings. The highest BCUT2D eigenvalue weighted by Gasteiger charge is 2.06. The molecule has 3 rings (SSSR count). The predicted molar refractivity (Wildman–Crippen MR) is 134 cm³/mol. The van der Waals surface area contributed by atoms with Crippen molar-refractivity contribution in [3.63, 3.8) is 0 Å². The Morgan fingerprint density at radius 3 is 2.47 bits per heavy atom. The van der Waals surface area contributed by atoms with Crippen molar-refractivity contribution in [2.45, 2.75) is 20.3 Å². The van der Waals surface area contributed by atoms with E-state index in [4.69, 9.17) is 0 Å². The fraction of sp³-hybridized carbons (Fsp3) is 0.259. The van der Waals surface area contributed by atoms with E-state index in [0.717, 1.165) is 48.7 Å². The molecule has 1 amide bonds. The van der Waals surface area contributed by atoms with Crippen molar-refractivity contribution in [3.05, 3.63) is 89.7 Å². The molecule has 0 atom stereocenters. The summed E-state index contributed by atoms with van der Waals surface area (Å²) in [5, 5.41) is 6.40. The van der Waals surface area contributed by atoms with Crippen LogP contribution in [0.3, 0.4) is 0 Å². The largest absolute Gasteiger partial charge is 0.356 e. The number of amides is 1. The van der Waals surface area contributed by atoms with E-state index in [0.29, 0.717) is 12.1 Å². The lowest BCUT2D eigenvalue weighted by Crippen LogP contribution is -2.29. The summed E-state index contributed by atoms with van der Waals surface area (Å²) < 4.78 is 0. The van der Waals surface area contributed by atoms with Gasteiger partial charge in [-0.15, -0.1) is 0 Å². The molecule has 0 unspecified atom stereocenters. The summed E-state index contributed by atoms with van der Waals surface area (Å²) in [6.45, 7) is 8.09. The fourth-order valence-corrected chi connectivity index (χ4v) is 3.39. The van der Waals surface area contributed by atoms with Gasteiger partial charge in [0, 0.05) is 29.7 Å². The molecule has 0 saturated heterocycles. The third kappa shape index (κ3) is 7.36. The van der Waals surface area contributed by atoms with E-state index in [2.05, 4.69) is 34.4 Å². The number of benzene rings is 2. The molecule has 166 valence electrons. The van der Waals surface area contributed by atoms with E-state index in [9.17, 15) is 4.79 Å². The van der Waals surface area contributed by atoms with Gasteiger partial charge in [-0.2, -0.15) is 0 Å². The summed E-state index contributed by atoms with van der Waals surface area (Å²) in [5.41, 5.74) is 4.54. The van der Waals surface area contributed by atoms with Crippen molar-refractivity contribution in [1.82, 2.24) is 15.2 Å². The summed E-state index contributed by atoms with van der Waals surface area (Å²) in [6.07, 6.45) is 6.77. The maximum Gasteiger partial charge on any atom is 0.251 e.